The van der Waals surface area contributed by atoms with Gasteiger partial charge in [0.15, 0.2) is 0 Å². The van der Waals surface area contributed by atoms with E-state index in [1.54, 1.807) is 12.3 Å². The third-order valence-corrected chi connectivity index (χ3v) is 2.35. The van der Waals surface area contributed by atoms with E-state index in [1.165, 1.54) is 4.40 Å². The Balaban J connectivity index is 2.83. The molecule has 0 aliphatic carbocycles. The van der Waals surface area contributed by atoms with Crippen molar-refractivity contribution < 1.29 is 0 Å². The van der Waals surface area contributed by atoms with Gasteiger partial charge in [0, 0.05) is 17.1 Å². The lowest BCUT2D eigenvalue weighted by atomic mass is 10.4. The number of nitrogens with zero attached hydrogens (tertiary/aromatic N) is 3. The number of aryl methyl sites for hydroxylation is 1. The fraction of sp³-hybridized carbons (Fsp3) is 0.222. The average molecular weight is 254 g/mol. The van der Waals surface area contributed by atoms with Crippen molar-refractivity contribution in [3.63, 3.8) is 0 Å². The number of rotatable bonds is 1. The standard InChI is InChI=1S/C9H8BrN3O/c1-2-7-11-8-4-3-6(10)5-13(8)9(14)12-7/h3-5H,2H2,1H3. The van der Waals surface area contributed by atoms with E-state index < -0.39 is 0 Å². The predicted octanol–water partition coefficient (Wildman–Crippen LogP) is 1.41. The molecule has 0 aromatic carbocycles. The Morgan fingerprint density at radius 3 is 2.93 bits per heavy atom. The maximum atomic E-state index is 11.5. The molecule has 4 nitrogen and oxygen atoms in total. The molecule has 0 amide bonds. The van der Waals surface area contributed by atoms with Crippen LogP contribution >= 0.6 is 15.9 Å². The Kier molecular flexibility index (Phi) is 2.33. The first kappa shape index (κ1) is 9.33. The number of fused-ring (bicyclic) bond motifs is 1. The van der Waals surface area contributed by atoms with Gasteiger partial charge in [-0.25, -0.2) is 9.78 Å². The number of aromatic nitrogens is 3. The second-order valence-corrected chi connectivity index (χ2v) is 3.77. The van der Waals surface area contributed by atoms with Crippen LogP contribution in [0.2, 0.25) is 0 Å². The molecule has 0 aliphatic rings. The van der Waals surface area contributed by atoms with Crippen LogP contribution in [0.4, 0.5) is 0 Å². The van der Waals surface area contributed by atoms with Crippen molar-refractivity contribution in [2.45, 2.75) is 13.3 Å². The highest BCUT2D eigenvalue weighted by molar-refractivity contribution is 9.10. The van der Waals surface area contributed by atoms with Crippen LogP contribution in [0.25, 0.3) is 5.65 Å². The zero-order valence-electron chi connectivity index (χ0n) is 7.57. The van der Waals surface area contributed by atoms with Crippen molar-refractivity contribution in [2.75, 3.05) is 0 Å². The van der Waals surface area contributed by atoms with Gasteiger partial charge in [-0.05, 0) is 28.1 Å². The highest BCUT2D eigenvalue weighted by Gasteiger charge is 2.01. The minimum absolute atomic E-state index is 0.284. The fourth-order valence-electron chi connectivity index (χ4n) is 1.19. The smallest absolute Gasteiger partial charge is 0.250 e. The average Bonchev–Trinajstić information content (AvgIpc) is 2.19. The summed E-state index contributed by atoms with van der Waals surface area (Å²) < 4.78 is 2.25. The van der Waals surface area contributed by atoms with E-state index in [4.69, 9.17) is 0 Å². The molecule has 2 aromatic rings. The minimum Gasteiger partial charge on any atom is -0.250 e. The maximum Gasteiger partial charge on any atom is 0.355 e. The number of hydrogen-bond acceptors (Lipinski definition) is 3. The van der Waals surface area contributed by atoms with E-state index in [1.807, 2.05) is 13.0 Å². The van der Waals surface area contributed by atoms with Gasteiger partial charge in [-0.1, -0.05) is 6.92 Å². The monoisotopic (exact) mass is 253 g/mol. The van der Waals surface area contributed by atoms with Gasteiger partial charge in [0.1, 0.15) is 11.5 Å². The fourth-order valence-corrected chi connectivity index (χ4v) is 1.53. The molecule has 5 heteroatoms. The van der Waals surface area contributed by atoms with Crippen LogP contribution in [-0.4, -0.2) is 14.4 Å². The van der Waals surface area contributed by atoms with Crippen LogP contribution in [0.5, 0.6) is 0 Å². The van der Waals surface area contributed by atoms with Crippen molar-refractivity contribution in [2.24, 2.45) is 0 Å². The summed E-state index contributed by atoms with van der Waals surface area (Å²) in [6.45, 7) is 1.92. The lowest BCUT2D eigenvalue weighted by molar-refractivity contribution is 0.851. The summed E-state index contributed by atoms with van der Waals surface area (Å²) in [6, 6.07) is 3.63. The molecular formula is C9H8BrN3O. The van der Waals surface area contributed by atoms with E-state index >= 15 is 0 Å². The second-order valence-electron chi connectivity index (χ2n) is 2.85. The van der Waals surface area contributed by atoms with E-state index in [9.17, 15) is 4.79 Å². The van der Waals surface area contributed by atoms with Gasteiger partial charge in [-0.15, -0.1) is 0 Å². The lowest BCUT2D eigenvalue weighted by Gasteiger charge is -2.00. The molecule has 0 aliphatic heterocycles. The van der Waals surface area contributed by atoms with E-state index in [-0.39, 0.29) is 5.69 Å². The molecule has 2 heterocycles. The zero-order chi connectivity index (χ0) is 10.1. The topological polar surface area (TPSA) is 47.3 Å². The van der Waals surface area contributed by atoms with Crippen molar-refractivity contribution >= 4 is 21.6 Å². The van der Waals surface area contributed by atoms with Gasteiger partial charge in [-0.3, -0.25) is 4.40 Å². The van der Waals surface area contributed by atoms with Gasteiger partial charge in [-0.2, -0.15) is 4.98 Å². The molecule has 0 saturated carbocycles. The molecule has 72 valence electrons. The van der Waals surface area contributed by atoms with Crippen LogP contribution in [0.3, 0.4) is 0 Å². The third-order valence-electron chi connectivity index (χ3n) is 1.88. The highest BCUT2D eigenvalue weighted by Crippen LogP contribution is 2.08. The van der Waals surface area contributed by atoms with Crippen LogP contribution in [0.15, 0.2) is 27.6 Å². The summed E-state index contributed by atoms with van der Waals surface area (Å²) in [7, 11) is 0. The molecule has 0 radical (unpaired) electrons. The largest absolute Gasteiger partial charge is 0.355 e. The molecule has 2 rings (SSSR count). The van der Waals surface area contributed by atoms with Gasteiger partial charge in [0.25, 0.3) is 0 Å². The minimum atomic E-state index is -0.284. The van der Waals surface area contributed by atoms with Crippen molar-refractivity contribution in [1.29, 1.82) is 0 Å². The van der Waals surface area contributed by atoms with E-state index in [0.29, 0.717) is 17.9 Å². The predicted molar refractivity (Wildman–Crippen MR) is 56.3 cm³/mol. The number of hydrogen-bond donors (Lipinski definition) is 0. The Labute approximate surface area is 88.8 Å². The first-order valence-corrected chi connectivity index (χ1v) is 5.05. The van der Waals surface area contributed by atoms with Crippen molar-refractivity contribution in [3.05, 3.63) is 39.1 Å². The summed E-state index contributed by atoms with van der Waals surface area (Å²) in [5.74, 6) is 0.581. The van der Waals surface area contributed by atoms with Crippen LogP contribution in [-0.2, 0) is 6.42 Å². The summed E-state index contributed by atoms with van der Waals surface area (Å²) >= 11 is 3.29. The highest BCUT2D eigenvalue weighted by atomic mass is 79.9. The number of halogens is 1. The molecule has 0 unspecified atom stereocenters. The zero-order valence-corrected chi connectivity index (χ0v) is 9.15. The Hall–Kier alpha value is -1.23. The molecular weight excluding hydrogens is 246 g/mol. The molecule has 0 spiro atoms. The van der Waals surface area contributed by atoms with Gasteiger partial charge >= 0.3 is 5.69 Å². The molecule has 0 bridgehead atoms. The van der Waals surface area contributed by atoms with Crippen LogP contribution < -0.4 is 5.69 Å². The molecule has 0 saturated heterocycles. The Morgan fingerprint density at radius 1 is 1.43 bits per heavy atom. The summed E-state index contributed by atoms with van der Waals surface area (Å²) in [4.78, 5) is 19.6. The molecule has 0 N–H and O–H groups in total. The van der Waals surface area contributed by atoms with E-state index in [2.05, 4.69) is 25.9 Å². The Morgan fingerprint density at radius 2 is 2.21 bits per heavy atom. The van der Waals surface area contributed by atoms with Crippen LogP contribution in [0.1, 0.15) is 12.7 Å². The summed E-state index contributed by atoms with van der Waals surface area (Å²) in [5, 5.41) is 0. The summed E-state index contributed by atoms with van der Waals surface area (Å²) in [6.07, 6.45) is 2.33. The lowest BCUT2D eigenvalue weighted by Crippen LogP contribution is -2.20. The quantitative estimate of drug-likeness (QED) is 0.773. The van der Waals surface area contributed by atoms with E-state index in [0.717, 1.165) is 4.47 Å². The van der Waals surface area contributed by atoms with Crippen molar-refractivity contribution in [1.82, 2.24) is 14.4 Å². The second kappa shape index (κ2) is 3.49. The van der Waals surface area contributed by atoms with Gasteiger partial charge < -0.3 is 0 Å². The van der Waals surface area contributed by atoms with Crippen molar-refractivity contribution in [3.8, 4) is 0 Å². The summed E-state index contributed by atoms with van der Waals surface area (Å²) in [5.41, 5.74) is 0.346. The number of pyridine rings is 1. The first-order valence-electron chi connectivity index (χ1n) is 4.25. The van der Waals surface area contributed by atoms with Crippen LogP contribution in [0, 0.1) is 0 Å². The SMILES string of the molecule is CCc1nc(=O)n2cc(Br)ccc2n1. The third kappa shape index (κ3) is 1.55. The molecule has 2 aromatic heterocycles. The molecule has 14 heavy (non-hydrogen) atoms. The maximum absolute atomic E-state index is 11.5. The first-order chi connectivity index (χ1) is 6.70. The Bertz CT molecular complexity index is 535. The molecule has 0 fully saturated rings. The van der Waals surface area contributed by atoms with Gasteiger partial charge in [0.2, 0.25) is 0 Å². The molecule has 0 atom stereocenters. The van der Waals surface area contributed by atoms with Gasteiger partial charge in [0.05, 0.1) is 0 Å². The normalized spacial score (nSPS) is 10.7.